The Kier molecular flexibility index (Phi) is 3.18. The average molecular weight is 314 g/mol. The zero-order valence-corrected chi connectivity index (χ0v) is 15.1. The van der Waals surface area contributed by atoms with E-state index in [1.165, 1.54) is 44.6 Å². The van der Waals surface area contributed by atoms with Crippen molar-refractivity contribution in [3.8, 4) is 22.4 Å². The maximum atomic E-state index is 2.42. The molecule has 0 saturated carbocycles. The first-order valence-electron chi connectivity index (χ1n) is 8.62. The van der Waals surface area contributed by atoms with Crippen molar-refractivity contribution in [1.82, 2.24) is 0 Å². The predicted octanol–water partition coefficient (Wildman–Crippen LogP) is 5.10. The van der Waals surface area contributed by atoms with Crippen LogP contribution in [0.15, 0.2) is 54.7 Å². The molecule has 0 fully saturated rings. The molecule has 0 spiro atoms. The second-order valence-corrected chi connectivity index (χ2v) is 7.53. The van der Waals surface area contributed by atoms with Gasteiger partial charge in [-0.05, 0) is 53.8 Å². The lowest BCUT2D eigenvalue weighted by Gasteiger charge is -2.22. The summed E-state index contributed by atoms with van der Waals surface area (Å²) in [6.07, 6.45) is 2.13. The molecule has 1 heteroatoms. The summed E-state index contributed by atoms with van der Waals surface area (Å²) < 4.78 is 2.24. The fourth-order valence-electron chi connectivity index (χ4n) is 4.26. The van der Waals surface area contributed by atoms with Crippen molar-refractivity contribution in [2.24, 2.45) is 7.05 Å². The number of hydrogen-bond acceptors (Lipinski definition) is 0. The van der Waals surface area contributed by atoms with E-state index in [1.54, 1.807) is 0 Å². The zero-order valence-electron chi connectivity index (χ0n) is 15.1. The second kappa shape index (κ2) is 5.04. The molecule has 24 heavy (non-hydrogen) atoms. The van der Waals surface area contributed by atoms with Crippen molar-refractivity contribution in [2.45, 2.75) is 33.1 Å². The molecule has 1 aromatic heterocycles. The van der Waals surface area contributed by atoms with Crippen LogP contribution in [0.1, 0.15) is 36.1 Å². The Bertz CT molecular complexity index is 944. The number of pyridine rings is 1. The van der Waals surface area contributed by atoms with Crippen LogP contribution in [0, 0.1) is 13.8 Å². The molecular weight excluding hydrogens is 290 g/mol. The number of rotatable bonds is 1. The summed E-state index contributed by atoms with van der Waals surface area (Å²) >= 11 is 0. The van der Waals surface area contributed by atoms with Crippen molar-refractivity contribution < 1.29 is 4.57 Å². The van der Waals surface area contributed by atoms with E-state index in [4.69, 9.17) is 0 Å². The lowest BCUT2D eigenvalue weighted by Crippen LogP contribution is -2.31. The highest BCUT2D eigenvalue weighted by molar-refractivity contribution is 5.84. The van der Waals surface area contributed by atoms with Gasteiger partial charge in [0, 0.05) is 22.6 Å². The van der Waals surface area contributed by atoms with Crippen LogP contribution in [0.3, 0.4) is 0 Å². The first-order valence-corrected chi connectivity index (χ1v) is 8.62. The van der Waals surface area contributed by atoms with Gasteiger partial charge in [-0.1, -0.05) is 44.2 Å². The molecule has 1 heterocycles. The second-order valence-electron chi connectivity index (χ2n) is 7.53. The van der Waals surface area contributed by atoms with Gasteiger partial charge < -0.3 is 0 Å². The van der Waals surface area contributed by atoms with Gasteiger partial charge in [-0.15, -0.1) is 0 Å². The van der Waals surface area contributed by atoms with E-state index in [0.29, 0.717) is 0 Å². The third-order valence-corrected chi connectivity index (χ3v) is 5.57. The van der Waals surface area contributed by atoms with E-state index in [2.05, 4.69) is 94.0 Å². The number of aryl methyl sites for hydroxylation is 3. The maximum absolute atomic E-state index is 2.42. The van der Waals surface area contributed by atoms with E-state index < -0.39 is 0 Å². The summed E-state index contributed by atoms with van der Waals surface area (Å²) in [6, 6.07) is 17.9. The highest BCUT2D eigenvalue weighted by Crippen LogP contribution is 2.50. The number of fused-ring (bicyclic) bond motifs is 3. The lowest BCUT2D eigenvalue weighted by molar-refractivity contribution is -0.660. The monoisotopic (exact) mass is 314 g/mol. The molecule has 1 aliphatic carbocycles. The van der Waals surface area contributed by atoms with Gasteiger partial charge in [0.2, 0.25) is 5.69 Å². The molecule has 4 rings (SSSR count). The Morgan fingerprint density at radius 2 is 1.50 bits per heavy atom. The zero-order chi connectivity index (χ0) is 17.1. The highest BCUT2D eigenvalue weighted by Gasteiger charge is 2.36. The fraction of sp³-hybridized carbons (Fsp3) is 0.261. The van der Waals surface area contributed by atoms with Crippen LogP contribution in [0.25, 0.3) is 22.4 Å². The summed E-state index contributed by atoms with van der Waals surface area (Å²) in [6.45, 7) is 9.11. The molecule has 3 aromatic rings. The van der Waals surface area contributed by atoms with Gasteiger partial charge in [-0.3, -0.25) is 0 Å². The van der Waals surface area contributed by atoms with Crippen molar-refractivity contribution in [1.29, 1.82) is 0 Å². The van der Waals surface area contributed by atoms with E-state index in [9.17, 15) is 0 Å². The number of hydrogen-bond donors (Lipinski definition) is 0. The average Bonchev–Trinajstić information content (AvgIpc) is 2.76. The smallest absolute Gasteiger partial charge is 0.201 e. The molecule has 2 aromatic carbocycles. The topological polar surface area (TPSA) is 3.88 Å². The summed E-state index contributed by atoms with van der Waals surface area (Å²) in [4.78, 5) is 0. The Labute approximate surface area is 144 Å². The number of aromatic nitrogens is 1. The minimum absolute atomic E-state index is 0.0512. The number of benzene rings is 2. The fourth-order valence-corrected chi connectivity index (χ4v) is 4.26. The van der Waals surface area contributed by atoms with Gasteiger partial charge in [0.15, 0.2) is 6.20 Å². The van der Waals surface area contributed by atoms with Crippen LogP contribution in [0.4, 0.5) is 0 Å². The van der Waals surface area contributed by atoms with Gasteiger partial charge in [-0.25, -0.2) is 4.57 Å². The third-order valence-electron chi connectivity index (χ3n) is 5.57. The quantitative estimate of drug-likeness (QED) is 0.550. The molecular formula is C23H24N+. The van der Waals surface area contributed by atoms with Crippen molar-refractivity contribution in [3.05, 3.63) is 77.0 Å². The van der Waals surface area contributed by atoms with Crippen LogP contribution >= 0.6 is 0 Å². The number of nitrogens with zero attached hydrogens (tertiary/aromatic N) is 1. The van der Waals surface area contributed by atoms with Gasteiger partial charge in [0.05, 0.1) is 0 Å². The summed E-state index contributed by atoms with van der Waals surface area (Å²) in [5.74, 6) is 0. The van der Waals surface area contributed by atoms with E-state index >= 15 is 0 Å². The molecule has 0 bridgehead atoms. The van der Waals surface area contributed by atoms with E-state index in [-0.39, 0.29) is 5.41 Å². The summed E-state index contributed by atoms with van der Waals surface area (Å²) in [7, 11) is 2.13. The molecule has 1 aliphatic rings. The molecule has 0 amide bonds. The first-order chi connectivity index (χ1) is 11.4. The normalized spacial score (nSPS) is 14.4. The molecule has 0 atom stereocenters. The summed E-state index contributed by atoms with van der Waals surface area (Å²) in [5.41, 5.74) is 11.0. The lowest BCUT2D eigenvalue weighted by atomic mass is 9.81. The molecule has 0 saturated heterocycles. The van der Waals surface area contributed by atoms with Crippen molar-refractivity contribution >= 4 is 0 Å². The van der Waals surface area contributed by atoms with E-state index in [1.807, 2.05) is 0 Å². The standard InChI is InChI=1S/C23H24N/c1-15-9-8-12-24(5)22(15)18-14-21-19(13-16(18)2)17-10-6-7-11-20(17)23(21,3)4/h6-14H,1-5H3/q+1. The Hall–Kier alpha value is -2.41. The van der Waals surface area contributed by atoms with Gasteiger partial charge in [-0.2, -0.15) is 0 Å². The van der Waals surface area contributed by atoms with Crippen LogP contribution in [0.5, 0.6) is 0 Å². The first kappa shape index (κ1) is 15.1. The van der Waals surface area contributed by atoms with Gasteiger partial charge in [0.25, 0.3) is 0 Å². The highest BCUT2D eigenvalue weighted by atomic mass is 14.9. The van der Waals surface area contributed by atoms with Crippen molar-refractivity contribution in [2.75, 3.05) is 0 Å². The minimum Gasteiger partial charge on any atom is -0.201 e. The Morgan fingerprint density at radius 1 is 0.750 bits per heavy atom. The van der Waals surface area contributed by atoms with E-state index in [0.717, 1.165) is 0 Å². The van der Waals surface area contributed by atoms with Gasteiger partial charge in [0.1, 0.15) is 7.05 Å². The molecule has 120 valence electrons. The largest absolute Gasteiger partial charge is 0.215 e. The van der Waals surface area contributed by atoms with Crippen LogP contribution in [-0.4, -0.2) is 0 Å². The third kappa shape index (κ3) is 1.97. The van der Waals surface area contributed by atoms with Crippen molar-refractivity contribution in [3.63, 3.8) is 0 Å². The maximum Gasteiger partial charge on any atom is 0.215 e. The summed E-state index contributed by atoms with van der Waals surface area (Å²) in [5, 5.41) is 0. The molecule has 0 unspecified atom stereocenters. The molecule has 0 N–H and O–H groups in total. The molecule has 0 radical (unpaired) electrons. The minimum atomic E-state index is 0.0512. The SMILES string of the molecule is Cc1cc2c(cc1-c1c(C)ccc[n+]1C)C(C)(C)c1ccccc1-2. The molecule has 0 aliphatic heterocycles. The van der Waals surface area contributed by atoms with Crippen LogP contribution in [0.2, 0.25) is 0 Å². The predicted molar refractivity (Wildman–Crippen MR) is 100 cm³/mol. The van der Waals surface area contributed by atoms with Gasteiger partial charge >= 0.3 is 0 Å². The molecule has 1 nitrogen and oxygen atoms in total. The Morgan fingerprint density at radius 3 is 2.25 bits per heavy atom. The Balaban J connectivity index is 2.03. The van der Waals surface area contributed by atoms with Crippen LogP contribution in [-0.2, 0) is 12.5 Å². The van der Waals surface area contributed by atoms with Crippen LogP contribution < -0.4 is 4.57 Å².